The lowest BCUT2D eigenvalue weighted by molar-refractivity contribution is -0.146. The zero-order chi connectivity index (χ0) is 45.2. The van der Waals surface area contributed by atoms with Gasteiger partial charge in [-0.15, -0.1) is 0 Å². The van der Waals surface area contributed by atoms with Crippen molar-refractivity contribution in [2.75, 3.05) is 59.2 Å². The minimum atomic E-state index is -1.50. The zero-order valence-electron chi connectivity index (χ0n) is 36.6. The summed E-state index contributed by atoms with van der Waals surface area (Å²) in [6.07, 6.45) is 2.64. The van der Waals surface area contributed by atoms with Gasteiger partial charge in [0, 0.05) is 48.9 Å². The minimum absolute atomic E-state index is 0.0115. The summed E-state index contributed by atoms with van der Waals surface area (Å²) in [6, 6.07) is 0. The highest BCUT2D eigenvalue weighted by molar-refractivity contribution is 5.93. The number of hydrogen-bond acceptors (Lipinski definition) is 10. The maximum absolute atomic E-state index is 13.3. The van der Waals surface area contributed by atoms with E-state index in [0.717, 1.165) is 4.90 Å². The molecule has 6 amide bonds. The van der Waals surface area contributed by atoms with E-state index in [4.69, 9.17) is 9.47 Å². The average Bonchev–Trinajstić information content (AvgIpc) is 3.80. The summed E-state index contributed by atoms with van der Waals surface area (Å²) < 4.78 is 11.2. The van der Waals surface area contributed by atoms with Crippen LogP contribution in [0.5, 0.6) is 0 Å². The lowest BCUT2D eigenvalue weighted by atomic mass is 9.72. The largest absolute Gasteiger partial charge is 0.481 e. The van der Waals surface area contributed by atoms with Crippen molar-refractivity contribution in [3.8, 4) is 0 Å². The number of amides is 6. The van der Waals surface area contributed by atoms with Gasteiger partial charge in [0.25, 0.3) is 0 Å². The summed E-state index contributed by atoms with van der Waals surface area (Å²) >= 11 is 0. The second-order valence-electron chi connectivity index (χ2n) is 18.0. The fourth-order valence-corrected chi connectivity index (χ4v) is 6.85. The van der Waals surface area contributed by atoms with Gasteiger partial charge in [-0.2, -0.15) is 0 Å². The lowest BCUT2D eigenvalue weighted by Gasteiger charge is -2.34. The summed E-state index contributed by atoms with van der Waals surface area (Å²) in [4.78, 5) is 101. The number of rotatable bonds is 30. The number of hydrogen-bond donors (Lipinski definition) is 7. The van der Waals surface area contributed by atoms with Crippen LogP contribution in [0.25, 0.3) is 0 Å². The van der Waals surface area contributed by atoms with Crippen LogP contribution in [0.15, 0.2) is 12.8 Å². The molecule has 0 heterocycles. The summed E-state index contributed by atoms with van der Waals surface area (Å²) in [5, 5.41) is 32.6. The molecule has 0 bridgehead atoms. The van der Waals surface area contributed by atoms with Crippen LogP contribution in [-0.2, 0) is 47.8 Å². The number of carbonyl (C=O) groups is 8. The molecule has 1 aliphatic carbocycles. The number of nitrogens with zero attached hydrogens (tertiary/aromatic N) is 1. The summed E-state index contributed by atoms with van der Waals surface area (Å²) in [7, 11) is 0. The predicted molar refractivity (Wildman–Crippen MR) is 218 cm³/mol. The van der Waals surface area contributed by atoms with Crippen LogP contribution >= 0.6 is 0 Å². The number of ether oxygens (including phenoxy) is 2. The molecule has 336 valence electrons. The molecule has 0 spiro atoms. The third-order valence-electron chi connectivity index (χ3n) is 10.2. The van der Waals surface area contributed by atoms with Crippen LogP contribution in [-0.4, -0.2) is 127 Å². The van der Waals surface area contributed by atoms with Gasteiger partial charge in [0.2, 0.25) is 35.4 Å². The monoisotopic (exact) mass is 839 g/mol. The number of nitrogens with one attached hydrogen (secondary N) is 5. The van der Waals surface area contributed by atoms with E-state index in [1.54, 1.807) is 55.4 Å². The predicted octanol–water partition coefficient (Wildman–Crippen LogP) is 1.97. The van der Waals surface area contributed by atoms with Crippen molar-refractivity contribution in [1.29, 1.82) is 0 Å². The molecule has 2 atom stereocenters. The highest BCUT2D eigenvalue weighted by Gasteiger charge is 2.63. The Kier molecular flexibility index (Phi) is 20.7. The Hall–Kier alpha value is -4.58. The standard InChI is InChI=1S/C41H70N6O12/c1-11-15-43-30(49)26-47(25-29(48)42-12-2)31(50)13-16-44-33(53)38(5,6)14-18-58-20-21-59-19-17-45-34(54)39(7,8)22-28-23-41(28,36(56)57)46-35(55)40(9,10)27-37(3,4)24-32(51)52/h12,28H,2,11,13-27H2,1,3-10H3,(H,42,48)(H,43,49)(H,44,53)(H,45,54)(H,46,55)(H,51,52)(H,56,57). The molecule has 2 unspecified atom stereocenters. The van der Waals surface area contributed by atoms with Crippen LogP contribution in [0, 0.1) is 27.6 Å². The van der Waals surface area contributed by atoms with E-state index in [1.807, 2.05) is 6.92 Å². The molecule has 0 saturated heterocycles. The van der Waals surface area contributed by atoms with Gasteiger partial charge in [-0.1, -0.05) is 68.9 Å². The van der Waals surface area contributed by atoms with Crippen LogP contribution in [0.4, 0.5) is 0 Å². The van der Waals surface area contributed by atoms with Crippen molar-refractivity contribution in [2.24, 2.45) is 27.6 Å². The highest BCUT2D eigenvalue weighted by Crippen LogP contribution is 2.51. The SMILES string of the molecule is C=CNC(=O)CN(CC(=O)NCCC)C(=O)CCNC(=O)C(C)(C)CCOCCOCCNC(=O)C(C)(C)CC1CC1(NC(=O)C(C)(C)CC(C)(C)CC(=O)O)C(=O)O. The smallest absolute Gasteiger partial charge is 0.329 e. The molecule has 1 rings (SSSR count). The second kappa shape index (κ2) is 23.3. The van der Waals surface area contributed by atoms with Gasteiger partial charge in [0.1, 0.15) is 18.6 Å². The van der Waals surface area contributed by atoms with E-state index in [-0.39, 0.29) is 96.5 Å². The third kappa shape index (κ3) is 18.5. The molecule has 0 radical (unpaired) electrons. The van der Waals surface area contributed by atoms with Crippen LogP contribution < -0.4 is 26.6 Å². The second-order valence-corrected chi connectivity index (χ2v) is 18.0. The molecule has 18 heteroatoms. The Labute approximate surface area is 348 Å². The maximum Gasteiger partial charge on any atom is 0.329 e. The quantitative estimate of drug-likeness (QED) is 0.0513. The highest BCUT2D eigenvalue weighted by atomic mass is 16.5. The summed E-state index contributed by atoms with van der Waals surface area (Å²) in [5.74, 6) is -5.07. The Morgan fingerprint density at radius 3 is 1.90 bits per heavy atom. The fourth-order valence-electron chi connectivity index (χ4n) is 6.85. The van der Waals surface area contributed by atoms with E-state index in [9.17, 15) is 48.6 Å². The van der Waals surface area contributed by atoms with Gasteiger partial charge < -0.3 is 51.2 Å². The lowest BCUT2D eigenvalue weighted by Crippen LogP contribution is -2.51. The van der Waals surface area contributed by atoms with Crippen LogP contribution in [0.3, 0.4) is 0 Å². The third-order valence-corrected chi connectivity index (χ3v) is 10.2. The van der Waals surface area contributed by atoms with Crippen molar-refractivity contribution in [2.45, 2.75) is 113 Å². The van der Waals surface area contributed by atoms with Crippen molar-refractivity contribution in [3.05, 3.63) is 12.8 Å². The van der Waals surface area contributed by atoms with Gasteiger partial charge in [0.15, 0.2) is 0 Å². The first-order chi connectivity index (χ1) is 27.2. The first-order valence-electron chi connectivity index (χ1n) is 20.2. The first-order valence-corrected chi connectivity index (χ1v) is 20.2. The fraction of sp³-hybridized carbons (Fsp3) is 0.756. The van der Waals surface area contributed by atoms with Gasteiger partial charge in [-0.3, -0.25) is 33.6 Å². The number of carboxylic acid groups (broad SMARTS) is 2. The number of carboxylic acids is 2. The van der Waals surface area contributed by atoms with E-state index in [0.29, 0.717) is 19.4 Å². The number of carbonyl (C=O) groups excluding carboxylic acids is 6. The van der Waals surface area contributed by atoms with Crippen molar-refractivity contribution in [1.82, 2.24) is 31.5 Å². The average molecular weight is 839 g/mol. The van der Waals surface area contributed by atoms with Crippen molar-refractivity contribution in [3.63, 3.8) is 0 Å². The van der Waals surface area contributed by atoms with Crippen LogP contribution in [0.2, 0.25) is 0 Å². The Balaban J connectivity index is 2.44. The summed E-state index contributed by atoms with van der Waals surface area (Å²) in [6.45, 7) is 20.0. The maximum atomic E-state index is 13.3. The Morgan fingerprint density at radius 1 is 0.746 bits per heavy atom. The molecule has 1 fully saturated rings. The van der Waals surface area contributed by atoms with E-state index < -0.39 is 68.7 Å². The molecular formula is C41H70N6O12. The van der Waals surface area contributed by atoms with Crippen LogP contribution in [0.1, 0.15) is 107 Å². The molecule has 1 saturated carbocycles. The van der Waals surface area contributed by atoms with Crippen molar-refractivity contribution >= 4 is 47.4 Å². The van der Waals surface area contributed by atoms with E-state index in [2.05, 4.69) is 33.2 Å². The molecular weight excluding hydrogens is 768 g/mol. The molecule has 0 aromatic rings. The van der Waals surface area contributed by atoms with E-state index in [1.165, 1.54) is 6.20 Å². The molecule has 0 aromatic heterocycles. The topological polar surface area (TPSA) is 259 Å². The molecule has 59 heavy (non-hydrogen) atoms. The van der Waals surface area contributed by atoms with Gasteiger partial charge in [-0.05, 0) is 49.6 Å². The van der Waals surface area contributed by atoms with Gasteiger partial charge in [0.05, 0.1) is 26.2 Å². The Morgan fingerprint density at radius 2 is 1.32 bits per heavy atom. The van der Waals surface area contributed by atoms with Crippen molar-refractivity contribution < 1.29 is 58.0 Å². The van der Waals surface area contributed by atoms with E-state index >= 15 is 0 Å². The normalized spacial score (nSPS) is 16.6. The van der Waals surface area contributed by atoms with Gasteiger partial charge >= 0.3 is 11.9 Å². The van der Waals surface area contributed by atoms with Gasteiger partial charge in [-0.25, -0.2) is 4.79 Å². The molecule has 1 aliphatic rings. The molecule has 18 nitrogen and oxygen atoms in total. The first kappa shape index (κ1) is 52.4. The minimum Gasteiger partial charge on any atom is -0.481 e. The molecule has 0 aliphatic heterocycles. The molecule has 7 N–H and O–H groups in total. The number of aliphatic carboxylic acids is 2. The molecule has 0 aromatic carbocycles. The Bertz CT molecular complexity index is 1510. The summed E-state index contributed by atoms with van der Waals surface area (Å²) in [5.41, 5.74) is -4.99. The zero-order valence-corrected chi connectivity index (χ0v) is 36.6.